The van der Waals surface area contributed by atoms with Gasteiger partial charge in [-0.25, -0.2) is 8.42 Å². The number of ether oxygens (including phenoxy) is 1. The van der Waals surface area contributed by atoms with Gasteiger partial charge in [-0.15, -0.1) is 0 Å². The minimum absolute atomic E-state index is 0.00910. The molecule has 2 aromatic carbocycles. The Bertz CT molecular complexity index is 1430. The molecule has 0 fully saturated rings. The van der Waals surface area contributed by atoms with Crippen LogP contribution < -0.4 is 14.4 Å². The van der Waals surface area contributed by atoms with Crippen molar-refractivity contribution in [2.24, 2.45) is 0 Å². The zero-order valence-corrected chi connectivity index (χ0v) is 19.7. The van der Waals surface area contributed by atoms with Gasteiger partial charge >= 0.3 is 0 Å². The van der Waals surface area contributed by atoms with Crippen LogP contribution in [0.2, 0.25) is 0 Å². The second kappa shape index (κ2) is 8.28. The lowest BCUT2D eigenvalue weighted by Gasteiger charge is -2.31. The Morgan fingerprint density at radius 1 is 1.06 bits per heavy atom. The van der Waals surface area contributed by atoms with Gasteiger partial charge in [0.05, 0.1) is 18.5 Å². The van der Waals surface area contributed by atoms with Crippen molar-refractivity contribution in [3.63, 3.8) is 0 Å². The van der Waals surface area contributed by atoms with Crippen LogP contribution in [-0.2, 0) is 21.2 Å². The van der Waals surface area contributed by atoms with Crippen molar-refractivity contribution >= 4 is 33.3 Å². The molecular formula is C24H24N4O5S. The van der Waals surface area contributed by atoms with Crippen molar-refractivity contribution in [1.29, 1.82) is 0 Å². The van der Waals surface area contributed by atoms with Gasteiger partial charge in [0.25, 0.3) is 10.0 Å². The number of sulfonamides is 1. The molecule has 0 atom stereocenters. The van der Waals surface area contributed by atoms with Gasteiger partial charge in [0.15, 0.2) is 0 Å². The normalized spacial score (nSPS) is 15.9. The van der Waals surface area contributed by atoms with E-state index in [2.05, 4.69) is 10.4 Å². The number of anilines is 2. The number of carbonyl (C=O) groups is 2. The minimum atomic E-state index is -3.97. The van der Waals surface area contributed by atoms with Crippen molar-refractivity contribution < 1.29 is 22.7 Å². The van der Waals surface area contributed by atoms with Crippen molar-refractivity contribution in [2.75, 3.05) is 23.3 Å². The Kier molecular flexibility index (Phi) is 5.40. The Morgan fingerprint density at radius 3 is 2.65 bits per heavy atom. The second-order valence-electron chi connectivity index (χ2n) is 8.34. The number of nitrogens with zero attached hydrogens (tertiary/aromatic N) is 3. The van der Waals surface area contributed by atoms with Gasteiger partial charge in [-0.3, -0.25) is 13.9 Å². The van der Waals surface area contributed by atoms with E-state index in [1.807, 2.05) is 24.3 Å². The molecule has 34 heavy (non-hydrogen) atoms. The molecule has 0 aliphatic carbocycles. The standard InChI is InChI=1S/C24H24N4O5S/c1-15-23(24-25-21(29)11-12-22(30)28(24)26-15)17-9-10-19(33-2)20(14-17)34(31,32)27-13-5-7-16-6-3-4-8-18(16)27/h3-4,6,8-10,14H,5,7,11-13H2,1-2H3,(H,25,29). The summed E-state index contributed by atoms with van der Waals surface area (Å²) in [6, 6.07) is 12.3. The molecule has 0 unspecified atom stereocenters. The molecule has 176 valence electrons. The van der Waals surface area contributed by atoms with Crippen LogP contribution in [0.1, 0.15) is 35.3 Å². The third kappa shape index (κ3) is 3.54. The molecule has 0 spiro atoms. The van der Waals surface area contributed by atoms with Crippen molar-refractivity contribution in [3.05, 3.63) is 53.7 Å². The molecule has 0 saturated carbocycles. The van der Waals surface area contributed by atoms with E-state index in [0.717, 1.165) is 12.0 Å². The van der Waals surface area contributed by atoms with Crippen LogP contribution in [0.4, 0.5) is 11.5 Å². The first-order valence-corrected chi connectivity index (χ1v) is 12.5. The van der Waals surface area contributed by atoms with Crippen molar-refractivity contribution in [1.82, 2.24) is 9.78 Å². The lowest BCUT2D eigenvalue weighted by Crippen LogP contribution is -2.35. The van der Waals surface area contributed by atoms with Crippen molar-refractivity contribution in [2.45, 2.75) is 37.5 Å². The molecule has 0 saturated heterocycles. The van der Waals surface area contributed by atoms with Gasteiger partial charge in [-0.1, -0.05) is 24.3 Å². The van der Waals surface area contributed by atoms with E-state index in [0.29, 0.717) is 35.5 Å². The SMILES string of the molecule is COc1ccc(-c2c(C)nn3c2NC(=O)CCC3=O)cc1S(=O)(=O)N1CCCc2ccccc21. The molecule has 1 N–H and O–H groups in total. The number of benzene rings is 2. The number of fused-ring (bicyclic) bond motifs is 2. The summed E-state index contributed by atoms with van der Waals surface area (Å²) in [4.78, 5) is 24.7. The summed E-state index contributed by atoms with van der Waals surface area (Å²) in [5.41, 5.74) is 3.16. The summed E-state index contributed by atoms with van der Waals surface area (Å²) in [6.07, 6.45) is 1.64. The summed E-state index contributed by atoms with van der Waals surface area (Å²) in [5.74, 6) is -0.127. The van der Waals surface area contributed by atoms with Crippen LogP contribution in [0.3, 0.4) is 0 Å². The first kappa shape index (κ1) is 22.1. The quantitative estimate of drug-likeness (QED) is 0.613. The first-order chi connectivity index (χ1) is 16.3. The maximum Gasteiger partial charge on any atom is 0.268 e. The first-order valence-electron chi connectivity index (χ1n) is 11.0. The van der Waals surface area contributed by atoms with E-state index in [1.54, 1.807) is 19.1 Å². The van der Waals surface area contributed by atoms with Gasteiger partial charge in [0.1, 0.15) is 16.5 Å². The number of aromatic nitrogens is 2. The number of carbonyl (C=O) groups excluding carboxylic acids is 2. The highest BCUT2D eigenvalue weighted by Crippen LogP contribution is 2.39. The Balaban J connectivity index is 1.67. The summed E-state index contributed by atoms with van der Waals surface area (Å²) < 4.78 is 35.8. The van der Waals surface area contributed by atoms with E-state index in [4.69, 9.17) is 4.74 Å². The molecule has 1 aromatic heterocycles. The lowest BCUT2D eigenvalue weighted by molar-refractivity contribution is -0.116. The van der Waals surface area contributed by atoms with Gasteiger partial charge in [-0.2, -0.15) is 9.78 Å². The number of methoxy groups -OCH3 is 1. The number of rotatable bonds is 4. The molecule has 3 aromatic rings. The fourth-order valence-electron chi connectivity index (χ4n) is 4.59. The van der Waals surface area contributed by atoms with Crippen molar-refractivity contribution in [3.8, 4) is 16.9 Å². The topological polar surface area (TPSA) is 111 Å². The van der Waals surface area contributed by atoms with Crippen LogP contribution in [0.15, 0.2) is 47.4 Å². The van der Waals surface area contributed by atoms with Gasteiger partial charge < -0.3 is 10.1 Å². The summed E-state index contributed by atoms with van der Waals surface area (Å²) in [5, 5.41) is 7.07. The third-order valence-electron chi connectivity index (χ3n) is 6.21. The fraction of sp³-hybridized carbons (Fsp3) is 0.292. The largest absolute Gasteiger partial charge is 0.495 e. The van der Waals surface area contributed by atoms with E-state index < -0.39 is 10.0 Å². The maximum absolute atomic E-state index is 13.9. The average molecular weight is 481 g/mol. The van der Waals surface area contributed by atoms with Gasteiger partial charge in [0, 0.05) is 24.9 Å². The highest BCUT2D eigenvalue weighted by atomic mass is 32.2. The van der Waals surface area contributed by atoms with Gasteiger partial charge in [0.2, 0.25) is 11.8 Å². The Labute approximate surface area is 197 Å². The molecule has 5 rings (SSSR count). The maximum atomic E-state index is 13.9. The zero-order chi connectivity index (χ0) is 24.0. The zero-order valence-electron chi connectivity index (χ0n) is 18.9. The molecule has 10 heteroatoms. The number of para-hydroxylation sites is 1. The molecule has 9 nitrogen and oxygen atoms in total. The fourth-order valence-corrected chi connectivity index (χ4v) is 6.32. The Hall–Kier alpha value is -3.66. The van der Waals surface area contributed by atoms with Crippen LogP contribution in [0.5, 0.6) is 5.75 Å². The lowest BCUT2D eigenvalue weighted by atomic mass is 10.0. The summed E-state index contributed by atoms with van der Waals surface area (Å²) in [6.45, 7) is 2.08. The predicted octanol–water partition coefficient (Wildman–Crippen LogP) is 3.38. The van der Waals surface area contributed by atoms with E-state index in [9.17, 15) is 18.0 Å². The molecule has 2 aliphatic rings. The number of aryl methyl sites for hydroxylation is 2. The number of amides is 1. The summed E-state index contributed by atoms with van der Waals surface area (Å²) >= 11 is 0. The molecule has 0 bridgehead atoms. The van der Waals surface area contributed by atoms with Crippen LogP contribution >= 0.6 is 0 Å². The predicted molar refractivity (Wildman–Crippen MR) is 127 cm³/mol. The molecule has 0 radical (unpaired) electrons. The van der Waals surface area contributed by atoms with Crippen LogP contribution in [0, 0.1) is 6.92 Å². The molecule has 3 heterocycles. The van der Waals surface area contributed by atoms with Gasteiger partial charge in [-0.05, 0) is 49.1 Å². The monoisotopic (exact) mass is 480 g/mol. The second-order valence-corrected chi connectivity index (χ2v) is 10.2. The molecule has 2 aliphatic heterocycles. The third-order valence-corrected chi connectivity index (χ3v) is 8.04. The van der Waals surface area contributed by atoms with Crippen LogP contribution in [0.25, 0.3) is 11.1 Å². The van der Waals surface area contributed by atoms with E-state index >= 15 is 0 Å². The highest BCUT2D eigenvalue weighted by Gasteiger charge is 2.33. The smallest absolute Gasteiger partial charge is 0.268 e. The average Bonchev–Trinajstić information content (AvgIpc) is 3.09. The Morgan fingerprint density at radius 2 is 1.85 bits per heavy atom. The molecule has 1 amide bonds. The minimum Gasteiger partial charge on any atom is -0.495 e. The van der Waals surface area contributed by atoms with E-state index in [-0.39, 0.29) is 41.1 Å². The highest BCUT2D eigenvalue weighted by molar-refractivity contribution is 7.93. The summed E-state index contributed by atoms with van der Waals surface area (Å²) in [7, 11) is -2.54. The number of hydrogen-bond donors (Lipinski definition) is 1. The number of nitrogens with one attached hydrogen (secondary N) is 1. The van der Waals surface area contributed by atoms with Crippen LogP contribution in [-0.4, -0.2) is 43.7 Å². The number of hydrogen-bond acceptors (Lipinski definition) is 6. The molecular weight excluding hydrogens is 456 g/mol. The van der Waals surface area contributed by atoms with E-state index in [1.165, 1.54) is 22.2 Å².